The van der Waals surface area contributed by atoms with E-state index < -0.39 is 84.8 Å². The van der Waals surface area contributed by atoms with Crippen LogP contribution in [0.2, 0.25) is 0 Å². The highest BCUT2D eigenvalue weighted by atomic mass is 32.3. The molecule has 2 heterocycles. The summed E-state index contributed by atoms with van der Waals surface area (Å²) in [7, 11) is -3.71. The van der Waals surface area contributed by atoms with Gasteiger partial charge in [0, 0.05) is 7.11 Å². The van der Waals surface area contributed by atoms with E-state index in [2.05, 4.69) is 22.9 Å². The Morgan fingerprint density at radius 3 is 2.03 bits per heavy atom. The Hall–Kier alpha value is -0.0300. The van der Waals surface area contributed by atoms with Crippen LogP contribution in [-0.4, -0.2) is 120 Å². The summed E-state index contributed by atoms with van der Waals surface area (Å²) in [5.41, 5.74) is 0. The Morgan fingerprint density at radius 2 is 1.50 bits per heavy atom. The van der Waals surface area contributed by atoms with E-state index in [0.717, 1.165) is 0 Å². The molecule has 2 fully saturated rings. The third kappa shape index (κ3) is 9.02. The summed E-state index contributed by atoms with van der Waals surface area (Å²) in [6, 6.07) is 0. The maximum Gasteiger partial charge on any atom is 0.397 e. The van der Waals surface area contributed by atoms with Crippen molar-refractivity contribution in [1.82, 2.24) is 0 Å². The molecule has 2 rings (SSSR count). The van der Waals surface area contributed by atoms with Gasteiger partial charge in [0.15, 0.2) is 30.9 Å². The third-order valence-corrected chi connectivity index (χ3v) is 6.32. The van der Waals surface area contributed by atoms with Crippen LogP contribution in [0.15, 0.2) is 0 Å². The summed E-state index contributed by atoms with van der Waals surface area (Å²) >= 11 is 0.271. The Balaban J connectivity index is 2.23. The number of hydrogen-bond donors (Lipinski definition) is 6. The second-order valence-electron chi connectivity index (χ2n) is 7.14. The van der Waals surface area contributed by atoms with Gasteiger partial charge in [0.2, 0.25) is 0 Å². The first-order chi connectivity index (χ1) is 17.1. The monoisotopic (exact) mass is 594 g/mol. The predicted octanol–water partition coefficient (Wildman–Crippen LogP) is -1.83. The van der Waals surface area contributed by atoms with Crippen LogP contribution in [0.5, 0.6) is 0 Å². The number of aliphatic hydroxyl groups is 3. The molecule has 10 atom stereocenters. The Labute approximate surface area is 212 Å². The maximum atomic E-state index is 11.1. The summed E-state index contributed by atoms with van der Waals surface area (Å²) in [5.74, 6) is 0. The van der Waals surface area contributed by atoms with Crippen LogP contribution in [0.3, 0.4) is 0 Å². The highest BCUT2D eigenvalue weighted by Gasteiger charge is 2.52. The molecule has 0 aromatic carbocycles. The fourth-order valence-corrected chi connectivity index (χ4v) is 4.65. The van der Waals surface area contributed by atoms with Gasteiger partial charge in [0.1, 0.15) is 48.8 Å². The van der Waals surface area contributed by atoms with Crippen molar-refractivity contribution in [3.63, 3.8) is 0 Å². The normalized spacial score (nSPS) is 37.8. The summed E-state index contributed by atoms with van der Waals surface area (Å²) in [4.78, 5) is 0. The third-order valence-electron chi connectivity index (χ3n) is 5.05. The van der Waals surface area contributed by atoms with E-state index in [-0.39, 0.29) is 24.6 Å². The van der Waals surface area contributed by atoms with Gasteiger partial charge < -0.3 is 34.3 Å². The number of ether oxygens (including phenoxy) is 4. The van der Waals surface area contributed by atoms with Crippen LogP contribution < -0.4 is 0 Å². The van der Waals surface area contributed by atoms with E-state index in [1.165, 1.54) is 14.0 Å². The van der Waals surface area contributed by atoms with E-state index in [9.17, 15) is 23.7 Å². The lowest BCUT2D eigenvalue weighted by atomic mass is 9.95. The number of hydrogen-bond acceptors (Lipinski definition) is 20. The van der Waals surface area contributed by atoms with Crippen molar-refractivity contribution in [2.75, 3.05) is 20.3 Å². The molecule has 0 radical (unpaired) electrons. The van der Waals surface area contributed by atoms with Gasteiger partial charge in [-0.05, 0) is 6.92 Å². The number of rotatable bonds is 15. The molecule has 36 heavy (non-hydrogen) atoms. The van der Waals surface area contributed by atoms with Crippen LogP contribution in [0, 0.1) is 0 Å². The summed E-state index contributed by atoms with van der Waals surface area (Å²) in [5, 5.41) is 54.6. The molecule has 2 aliphatic heterocycles. The molecule has 0 bridgehead atoms. The van der Waals surface area contributed by atoms with Gasteiger partial charge in [-0.2, -0.15) is 8.42 Å². The van der Waals surface area contributed by atoms with E-state index in [0.29, 0.717) is 0 Å². The lowest BCUT2D eigenvalue weighted by molar-refractivity contribution is -0.435. The molecule has 22 heteroatoms. The molecule has 0 spiro atoms. The van der Waals surface area contributed by atoms with E-state index in [1.54, 1.807) is 0 Å². The first kappa shape index (κ1) is 32.2. The molecular weight excluding hydrogens is 568 g/mol. The van der Waals surface area contributed by atoms with E-state index >= 15 is 0 Å². The molecule has 19 nitrogen and oxygen atoms in total. The topological polar surface area (TPSA) is 257 Å². The zero-order valence-electron chi connectivity index (χ0n) is 18.4. The van der Waals surface area contributed by atoms with Gasteiger partial charge in [-0.15, -0.1) is 8.67 Å². The van der Waals surface area contributed by atoms with Crippen LogP contribution in [0.4, 0.5) is 0 Å². The predicted molar refractivity (Wildman–Crippen MR) is 110 cm³/mol. The summed E-state index contributed by atoms with van der Waals surface area (Å²) in [6.07, 6.45) is -13.7. The molecular formula is C14H26O19S3. The van der Waals surface area contributed by atoms with Crippen molar-refractivity contribution in [3.8, 4) is 0 Å². The van der Waals surface area contributed by atoms with Crippen LogP contribution >= 0.6 is 24.6 Å². The minimum atomic E-state index is -4.91. The van der Waals surface area contributed by atoms with Crippen molar-refractivity contribution >= 4 is 35.0 Å². The van der Waals surface area contributed by atoms with Gasteiger partial charge in [0.05, 0.1) is 19.3 Å². The lowest BCUT2D eigenvalue weighted by Crippen LogP contribution is -2.64. The summed E-state index contributed by atoms with van der Waals surface area (Å²) in [6.45, 7) is -0.0895. The molecule has 0 aromatic rings. The first-order valence-electron chi connectivity index (χ1n) is 9.76. The average Bonchev–Trinajstić information content (AvgIpc) is 2.82. The standard InChI is InChI=1S/C14H26O19S3/c1-5-10(28-34-32-30-18)8(16)11(7(25-5)4-24-36(20,21)22)27-14-9(17)13(23-2)12(6(3-15)26-14)29-35-33-31-19/h5-19H,3-4H2,1-2H3,(H,20,21,22)/t5-,6?,7?,8?,9+,10-,11-,12-,13?,14-/m0/s1. The number of methoxy groups -OCH3 is 1. The molecule has 214 valence electrons. The van der Waals surface area contributed by atoms with Gasteiger partial charge in [0.25, 0.3) is 0 Å². The summed E-state index contributed by atoms with van der Waals surface area (Å²) < 4.78 is 76.0. The Bertz CT molecular complexity index is 730. The zero-order valence-corrected chi connectivity index (χ0v) is 20.9. The molecule has 0 amide bonds. The molecule has 2 saturated heterocycles. The quantitative estimate of drug-likeness (QED) is 0.0400. The molecule has 0 aliphatic carbocycles. The van der Waals surface area contributed by atoms with Crippen LogP contribution in [0.25, 0.3) is 0 Å². The average molecular weight is 595 g/mol. The van der Waals surface area contributed by atoms with Crippen LogP contribution in [-0.2, 0) is 60.6 Å². The largest absolute Gasteiger partial charge is 0.397 e. The van der Waals surface area contributed by atoms with Gasteiger partial charge in [-0.1, -0.05) is 10.1 Å². The SMILES string of the molecule is COC1[C@@H](OSOOO)C(CO)O[C@@H](O[C@H]2C(COS(=O)(=O)O)O[C@@H](C)[C@H](OSOOO)C2O)[C@@H]1O. The maximum absolute atomic E-state index is 11.1. The van der Waals surface area contributed by atoms with Crippen LogP contribution in [0.1, 0.15) is 6.92 Å². The smallest absolute Gasteiger partial charge is 0.394 e. The molecule has 0 aromatic heterocycles. The Morgan fingerprint density at radius 1 is 0.889 bits per heavy atom. The Kier molecular flexibility index (Phi) is 13.9. The van der Waals surface area contributed by atoms with Crippen molar-refractivity contribution in [3.05, 3.63) is 0 Å². The highest BCUT2D eigenvalue weighted by Crippen LogP contribution is 2.34. The molecule has 2 aliphatic rings. The number of aliphatic hydroxyl groups excluding tert-OH is 3. The van der Waals surface area contributed by atoms with Crippen molar-refractivity contribution in [2.45, 2.75) is 68.1 Å². The van der Waals surface area contributed by atoms with E-state index in [1.807, 2.05) is 0 Å². The van der Waals surface area contributed by atoms with Crippen molar-refractivity contribution < 1.29 is 89.0 Å². The molecule has 0 saturated carbocycles. The van der Waals surface area contributed by atoms with E-state index in [4.69, 9.17) is 42.4 Å². The van der Waals surface area contributed by atoms with Gasteiger partial charge in [-0.25, -0.2) is 14.7 Å². The second kappa shape index (κ2) is 15.5. The molecule has 6 N–H and O–H groups in total. The zero-order chi connectivity index (χ0) is 26.9. The van der Waals surface area contributed by atoms with Crippen molar-refractivity contribution in [1.29, 1.82) is 0 Å². The van der Waals surface area contributed by atoms with Gasteiger partial charge >= 0.3 is 10.4 Å². The second-order valence-corrected chi connectivity index (χ2v) is 9.16. The fraction of sp³-hybridized carbons (Fsp3) is 1.00. The fourth-order valence-electron chi connectivity index (χ4n) is 3.55. The lowest BCUT2D eigenvalue weighted by Gasteiger charge is -2.47. The molecule has 4 unspecified atom stereocenters. The van der Waals surface area contributed by atoms with Crippen molar-refractivity contribution in [2.24, 2.45) is 0 Å². The first-order valence-corrected chi connectivity index (χ1v) is 12.5. The van der Waals surface area contributed by atoms with Gasteiger partial charge in [-0.3, -0.25) is 12.9 Å². The minimum absolute atomic E-state index is 0.125. The highest BCUT2D eigenvalue weighted by molar-refractivity contribution is 7.89. The minimum Gasteiger partial charge on any atom is -0.394 e.